The van der Waals surface area contributed by atoms with Gasteiger partial charge in [0.25, 0.3) is 0 Å². The lowest BCUT2D eigenvalue weighted by Crippen LogP contribution is -2.45. The van der Waals surface area contributed by atoms with Crippen molar-refractivity contribution < 1.29 is 9.13 Å². The van der Waals surface area contributed by atoms with Crippen molar-refractivity contribution in [3.63, 3.8) is 0 Å². The van der Waals surface area contributed by atoms with Crippen LogP contribution >= 0.6 is 0 Å². The molecule has 1 aliphatic rings. The van der Waals surface area contributed by atoms with Gasteiger partial charge in [0.15, 0.2) is 0 Å². The van der Waals surface area contributed by atoms with Gasteiger partial charge in [0.1, 0.15) is 17.7 Å². The summed E-state index contributed by atoms with van der Waals surface area (Å²) in [4.78, 5) is 2.01. The summed E-state index contributed by atoms with van der Waals surface area (Å²) in [6.45, 7) is 1.99. The molecule has 0 aromatic heterocycles. The van der Waals surface area contributed by atoms with Crippen LogP contribution in [-0.2, 0) is 0 Å². The number of ether oxygens (including phenoxy) is 1. The van der Waals surface area contributed by atoms with Gasteiger partial charge >= 0.3 is 0 Å². The number of nitriles is 1. The second-order valence-electron chi connectivity index (χ2n) is 3.98. The normalized spacial score (nSPS) is 23.2. The van der Waals surface area contributed by atoms with Gasteiger partial charge in [-0.25, -0.2) is 4.39 Å². The Hall–Kier alpha value is -1.76. The average molecular weight is 220 g/mol. The Kier molecular flexibility index (Phi) is 2.69. The molecule has 1 aliphatic heterocycles. The number of anilines is 1. The molecule has 3 nitrogen and oxygen atoms in total. The first kappa shape index (κ1) is 10.7. The van der Waals surface area contributed by atoms with Crippen molar-refractivity contribution in [3.05, 3.63) is 24.0 Å². The second-order valence-corrected chi connectivity index (χ2v) is 3.98. The molecule has 2 rings (SSSR count). The van der Waals surface area contributed by atoms with Gasteiger partial charge in [0.2, 0.25) is 0 Å². The van der Waals surface area contributed by atoms with E-state index >= 15 is 0 Å². The number of fused-ring (bicyclic) bond motifs is 1. The Balaban J connectivity index is 2.37. The van der Waals surface area contributed by atoms with Crippen LogP contribution in [0.1, 0.15) is 13.3 Å². The summed E-state index contributed by atoms with van der Waals surface area (Å²) in [6.07, 6.45) is 0.103. The highest BCUT2D eigenvalue weighted by atomic mass is 19.1. The molecular formula is C12H13FN2O. The maximum absolute atomic E-state index is 13.1. The van der Waals surface area contributed by atoms with Crippen molar-refractivity contribution >= 4 is 5.69 Å². The smallest absolute Gasteiger partial charge is 0.146 e. The molecule has 1 heterocycles. The fourth-order valence-electron chi connectivity index (χ4n) is 1.91. The van der Waals surface area contributed by atoms with Crippen molar-refractivity contribution in [2.75, 3.05) is 11.9 Å². The van der Waals surface area contributed by atoms with Gasteiger partial charge in [-0.05, 0) is 19.1 Å². The lowest BCUT2D eigenvalue weighted by Gasteiger charge is -2.38. The highest BCUT2D eigenvalue weighted by Gasteiger charge is 2.30. The Morgan fingerprint density at radius 1 is 1.56 bits per heavy atom. The first-order chi connectivity index (χ1) is 7.63. The molecule has 0 bridgehead atoms. The van der Waals surface area contributed by atoms with E-state index < -0.39 is 0 Å². The minimum Gasteiger partial charge on any atom is -0.485 e. The van der Waals surface area contributed by atoms with Crippen LogP contribution in [-0.4, -0.2) is 19.2 Å². The third kappa shape index (κ3) is 1.69. The molecular weight excluding hydrogens is 207 g/mol. The van der Waals surface area contributed by atoms with Gasteiger partial charge in [0.05, 0.1) is 24.2 Å². The molecule has 16 heavy (non-hydrogen) atoms. The molecule has 0 saturated heterocycles. The Labute approximate surface area is 94.0 Å². The minimum atomic E-state index is -0.322. The molecule has 1 aromatic rings. The fraction of sp³-hybridized carbons (Fsp3) is 0.417. The molecule has 1 aromatic carbocycles. The molecule has 0 fully saturated rings. The van der Waals surface area contributed by atoms with Crippen LogP contribution in [0.15, 0.2) is 18.2 Å². The molecule has 0 spiro atoms. The molecule has 84 valence electrons. The molecule has 0 N–H and O–H groups in total. The number of rotatable bonds is 1. The van der Waals surface area contributed by atoms with Crippen LogP contribution < -0.4 is 9.64 Å². The Morgan fingerprint density at radius 3 is 3.00 bits per heavy atom. The van der Waals surface area contributed by atoms with E-state index in [1.165, 1.54) is 12.1 Å². The SMILES string of the molecule is CC1C(CC#N)Oc2cc(F)ccc2N1C. The van der Waals surface area contributed by atoms with Gasteiger partial charge < -0.3 is 9.64 Å². The van der Waals surface area contributed by atoms with Crippen molar-refractivity contribution in [1.29, 1.82) is 5.26 Å². The molecule has 2 atom stereocenters. The lowest BCUT2D eigenvalue weighted by atomic mass is 10.1. The van der Waals surface area contributed by atoms with E-state index in [2.05, 4.69) is 6.07 Å². The van der Waals surface area contributed by atoms with Gasteiger partial charge in [0, 0.05) is 13.1 Å². The van der Waals surface area contributed by atoms with E-state index in [-0.39, 0.29) is 18.0 Å². The van der Waals surface area contributed by atoms with Crippen LogP contribution in [0.4, 0.5) is 10.1 Å². The standard InChI is InChI=1S/C12H13FN2O/c1-8-11(5-6-14)16-12-7-9(13)3-4-10(12)15(8)2/h3-4,7-8,11H,5H2,1-2H3. The maximum Gasteiger partial charge on any atom is 0.146 e. The number of hydrogen-bond acceptors (Lipinski definition) is 3. The average Bonchev–Trinajstić information content (AvgIpc) is 2.25. The number of benzene rings is 1. The summed E-state index contributed by atoms with van der Waals surface area (Å²) < 4.78 is 18.7. The summed E-state index contributed by atoms with van der Waals surface area (Å²) in [5.41, 5.74) is 0.864. The van der Waals surface area contributed by atoms with Crippen molar-refractivity contribution in [2.24, 2.45) is 0 Å². The minimum absolute atomic E-state index is 0.109. The van der Waals surface area contributed by atoms with Gasteiger partial charge in [-0.1, -0.05) is 0 Å². The third-order valence-corrected chi connectivity index (χ3v) is 3.02. The first-order valence-corrected chi connectivity index (χ1v) is 5.19. The zero-order chi connectivity index (χ0) is 11.7. The monoisotopic (exact) mass is 220 g/mol. The molecule has 0 amide bonds. The van der Waals surface area contributed by atoms with Gasteiger partial charge in [-0.3, -0.25) is 0 Å². The van der Waals surface area contributed by atoms with Gasteiger partial charge in [-0.15, -0.1) is 0 Å². The van der Waals surface area contributed by atoms with Crippen LogP contribution in [0.2, 0.25) is 0 Å². The predicted octanol–water partition coefficient (Wildman–Crippen LogP) is 2.33. The lowest BCUT2D eigenvalue weighted by molar-refractivity contribution is 0.164. The van der Waals surface area contributed by atoms with E-state index in [9.17, 15) is 4.39 Å². The topological polar surface area (TPSA) is 36.3 Å². The van der Waals surface area contributed by atoms with Crippen LogP contribution in [0.3, 0.4) is 0 Å². The number of nitrogens with zero attached hydrogens (tertiary/aromatic N) is 2. The molecule has 0 saturated carbocycles. The van der Waals surface area contributed by atoms with E-state index in [1.54, 1.807) is 6.07 Å². The number of halogens is 1. The maximum atomic E-state index is 13.1. The molecule has 0 radical (unpaired) electrons. The number of likely N-dealkylation sites (N-methyl/N-ethyl adjacent to an activating group) is 1. The summed E-state index contributed by atoms with van der Waals surface area (Å²) in [6, 6.07) is 6.67. The zero-order valence-corrected chi connectivity index (χ0v) is 9.27. The summed E-state index contributed by atoms with van der Waals surface area (Å²) in [5.74, 6) is 0.193. The molecule has 0 aliphatic carbocycles. The van der Waals surface area contributed by atoms with E-state index in [4.69, 9.17) is 10.00 Å². The zero-order valence-electron chi connectivity index (χ0n) is 9.27. The summed E-state index contributed by atoms with van der Waals surface area (Å²) in [5, 5.41) is 8.70. The van der Waals surface area contributed by atoms with Crippen molar-refractivity contribution in [2.45, 2.75) is 25.5 Å². The Morgan fingerprint density at radius 2 is 2.31 bits per heavy atom. The molecule has 4 heteroatoms. The predicted molar refractivity (Wildman–Crippen MR) is 58.9 cm³/mol. The third-order valence-electron chi connectivity index (χ3n) is 3.02. The summed E-state index contributed by atoms with van der Waals surface area (Å²) in [7, 11) is 1.92. The Bertz CT molecular complexity index is 441. The largest absolute Gasteiger partial charge is 0.485 e. The van der Waals surface area contributed by atoms with Crippen LogP contribution in [0.25, 0.3) is 0 Å². The fourth-order valence-corrected chi connectivity index (χ4v) is 1.91. The summed E-state index contributed by atoms with van der Waals surface area (Å²) >= 11 is 0. The van der Waals surface area contributed by atoms with Crippen LogP contribution in [0.5, 0.6) is 5.75 Å². The number of hydrogen-bond donors (Lipinski definition) is 0. The van der Waals surface area contributed by atoms with E-state index in [0.29, 0.717) is 12.2 Å². The first-order valence-electron chi connectivity index (χ1n) is 5.19. The highest BCUT2D eigenvalue weighted by Crippen LogP contribution is 2.36. The highest BCUT2D eigenvalue weighted by molar-refractivity contribution is 5.60. The molecule has 2 unspecified atom stereocenters. The second kappa shape index (κ2) is 4.01. The van der Waals surface area contributed by atoms with Crippen molar-refractivity contribution in [3.8, 4) is 11.8 Å². The van der Waals surface area contributed by atoms with E-state index in [1.807, 2.05) is 18.9 Å². The van der Waals surface area contributed by atoms with Crippen LogP contribution in [0, 0.1) is 17.1 Å². The van der Waals surface area contributed by atoms with Crippen molar-refractivity contribution in [1.82, 2.24) is 0 Å². The quantitative estimate of drug-likeness (QED) is 0.728. The van der Waals surface area contributed by atoms with Gasteiger partial charge in [-0.2, -0.15) is 5.26 Å². The van der Waals surface area contributed by atoms with E-state index in [0.717, 1.165) is 5.69 Å².